The quantitative estimate of drug-likeness (QED) is 0.432. The molecule has 0 spiro atoms. The molecular formula is C4H12NO3P. The lowest BCUT2D eigenvalue weighted by atomic mass is 10.4. The first kappa shape index (κ1) is 9.11. The van der Waals surface area contributed by atoms with Gasteiger partial charge in [-0.05, 0) is 6.54 Å². The van der Waals surface area contributed by atoms with Crippen LogP contribution in [0.25, 0.3) is 0 Å². The molecule has 0 aliphatic carbocycles. The highest BCUT2D eigenvalue weighted by atomic mass is 31.1. The van der Waals surface area contributed by atoms with E-state index >= 15 is 0 Å². The van der Waals surface area contributed by atoms with Crippen molar-refractivity contribution in [1.29, 1.82) is 0 Å². The Morgan fingerprint density at radius 3 is 2.78 bits per heavy atom. The molecule has 0 aromatic rings. The van der Waals surface area contributed by atoms with Gasteiger partial charge in [0.05, 0.1) is 0 Å². The van der Waals surface area contributed by atoms with E-state index in [-0.39, 0.29) is 0 Å². The van der Waals surface area contributed by atoms with Crippen molar-refractivity contribution in [3.8, 4) is 0 Å². The number of aliphatic hydroxyl groups excluding tert-OH is 1. The van der Waals surface area contributed by atoms with Gasteiger partial charge in [-0.1, -0.05) is 0 Å². The first-order valence-electron chi connectivity index (χ1n) is 2.72. The Bertz CT molecular complexity index is 97.8. The number of hydrogen-bond acceptors (Lipinski definition) is 4. The lowest BCUT2D eigenvalue weighted by Crippen LogP contribution is -2.13. The zero-order valence-electron chi connectivity index (χ0n) is 5.33. The second kappa shape index (κ2) is 4.94. The Morgan fingerprint density at radius 2 is 2.44 bits per heavy atom. The van der Waals surface area contributed by atoms with Crippen LogP contribution in [-0.4, -0.2) is 24.6 Å². The van der Waals surface area contributed by atoms with Crippen LogP contribution in [-0.2, 0) is 9.09 Å². The Morgan fingerprint density at radius 1 is 1.89 bits per heavy atom. The van der Waals surface area contributed by atoms with Gasteiger partial charge in [-0.2, -0.15) is 0 Å². The fourth-order valence-corrected chi connectivity index (χ4v) is 0.894. The van der Waals surface area contributed by atoms with E-state index in [1.807, 2.05) is 0 Å². The summed E-state index contributed by atoms with van der Waals surface area (Å²) in [6.07, 6.45) is -0.615. The Hall–Kier alpha value is 0.110. The van der Waals surface area contributed by atoms with E-state index < -0.39 is 14.3 Å². The molecule has 0 aliphatic heterocycles. The van der Waals surface area contributed by atoms with E-state index in [9.17, 15) is 4.57 Å². The average molecular weight is 153 g/mol. The van der Waals surface area contributed by atoms with Gasteiger partial charge in [0.1, 0.15) is 0 Å². The van der Waals surface area contributed by atoms with Gasteiger partial charge in [0.15, 0.2) is 14.3 Å². The van der Waals surface area contributed by atoms with E-state index in [0.29, 0.717) is 13.0 Å². The van der Waals surface area contributed by atoms with Crippen LogP contribution in [0.4, 0.5) is 0 Å². The minimum Gasteiger partial charge on any atom is -0.368 e. The third-order valence-corrected chi connectivity index (χ3v) is 1.32. The molecule has 0 saturated heterocycles. The number of rotatable bonds is 4. The highest BCUT2D eigenvalue weighted by Crippen LogP contribution is 2.18. The first-order valence-corrected chi connectivity index (χ1v) is 4.54. The molecule has 0 radical (unpaired) electrons. The summed E-state index contributed by atoms with van der Waals surface area (Å²) in [5, 5.41) is 8.74. The van der Waals surface area contributed by atoms with Crippen LogP contribution in [0.2, 0.25) is 0 Å². The zero-order chi connectivity index (χ0) is 7.28. The molecule has 4 nitrogen and oxygen atoms in total. The Balaban J connectivity index is 3.26. The zero-order valence-corrected chi connectivity index (χ0v) is 6.33. The molecule has 0 fully saturated rings. The van der Waals surface area contributed by atoms with Crippen LogP contribution in [0.5, 0.6) is 0 Å². The van der Waals surface area contributed by atoms with Gasteiger partial charge >= 0.3 is 0 Å². The highest BCUT2D eigenvalue weighted by molar-refractivity contribution is 7.38. The largest absolute Gasteiger partial charge is 0.368 e. The molecule has 5 heteroatoms. The van der Waals surface area contributed by atoms with E-state index in [4.69, 9.17) is 10.8 Å². The highest BCUT2D eigenvalue weighted by Gasteiger charge is 2.02. The van der Waals surface area contributed by atoms with Gasteiger partial charge < -0.3 is 15.4 Å². The molecule has 0 aliphatic rings. The van der Waals surface area contributed by atoms with Gasteiger partial charge in [-0.25, -0.2) is 0 Å². The van der Waals surface area contributed by atoms with E-state index in [1.54, 1.807) is 0 Å². The first-order chi connectivity index (χ1) is 4.16. The second-order valence-corrected chi connectivity index (χ2v) is 2.86. The third kappa shape index (κ3) is 5.99. The molecule has 3 N–H and O–H groups in total. The Kier molecular flexibility index (Phi) is 5.00. The molecule has 9 heavy (non-hydrogen) atoms. The monoisotopic (exact) mass is 153 g/mol. The summed E-state index contributed by atoms with van der Waals surface area (Å²) in [6.45, 7) is 1.76. The predicted octanol–water partition coefficient (Wildman–Crippen LogP) is -0.225. The van der Waals surface area contributed by atoms with Crippen LogP contribution in [0, 0.1) is 0 Å². The number of nitrogens with two attached hydrogens (primary N) is 1. The van der Waals surface area contributed by atoms with Crippen molar-refractivity contribution in [1.82, 2.24) is 0 Å². The maximum Gasteiger partial charge on any atom is 0.190 e. The van der Waals surface area contributed by atoms with Crippen molar-refractivity contribution in [2.75, 3.05) is 13.2 Å². The summed E-state index contributed by atoms with van der Waals surface area (Å²) in [5.41, 5.74) is 5.07. The van der Waals surface area contributed by atoms with Gasteiger partial charge in [0.25, 0.3) is 0 Å². The summed E-state index contributed by atoms with van der Waals surface area (Å²) in [5.74, 6) is 0. The van der Waals surface area contributed by atoms with E-state index in [0.717, 1.165) is 0 Å². The lowest BCUT2D eigenvalue weighted by Gasteiger charge is -2.06. The van der Waals surface area contributed by atoms with Gasteiger partial charge in [-0.3, -0.25) is 4.57 Å². The smallest absolute Gasteiger partial charge is 0.190 e. The summed E-state index contributed by atoms with van der Waals surface area (Å²) >= 11 is 0. The fraction of sp³-hybridized carbons (Fsp3) is 1.00. The maximum absolute atomic E-state index is 10.3. The van der Waals surface area contributed by atoms with Crippen molar-refractivity contribution in [2.45, 2.75) is 12.7 Å². The number of aliphatic hydroxyl groups is 1. The summed E-state index contributed by atoms with van der Waals surface area (Å²) in [7, 11) is -2.01. The molecular weight excluding hydrogens is 141 g/mol. The van der Waals surface area contributed by atoms with E-state index in [1.165, 1.54) is 6.66 Å². The fourth-order valence-electron chi connectivity index (χ4n) is 0.393. The molecule has 0 aromatic carbocycles. The predicted molar refractivity (Wildman–Crippen MR) is 35.7 cm³/mol. The van der Waals surface area contributed by atoms with Crippen LogP contribution >= 0.6 is 8.03 Å². The molecule has 2 unspecified atom stereocenters. The third-order valence-electron chi connectivity index (χ3n) is 0.716. The standard InChI is InChI=1S/C4H12NO3P/c1-9(7)8-4(6)2-3-5/h4,6,9H,2-3,5H2,1H3. The van der Waals surface area contributed by atoms with Gasteiger partial charge in [0.2, 0.25) is 0 Å². The lowest BCUT2D eigenvalue weighted by molar-refractivity contribution is -0.0139. The Labute approximate surface area is 54.9 Å². The molecule has 0 aromatic heterocycles. The summed E-state index contributed by atoms with van der Waals surface area (Å²) in [4.78, 5) is 0. The molecule has 0 saturated carbocycles. The molecule has 0 rings (SSSR count). The summed E-state index contributed by atoms with van der Waals surface area (Å²) < 4.78 is 14.8. The van der Waals surface area contributed by atoms with Crippen LogP contribution in [0.15, 0.2) is 0 Å². The van der Waals surface area contributed by atoms with Crippen molar-refractivity contribution in [3.05, 3.63) is 0 Å². The van der Waals surface area contributed by atoms with E-state index in [2.05, 4.69) is 4.52 Å². The second-order valence-electron chi connectivity index (χ2n) is 1.64. The van der Waals surface area contributed by atoms with Crippen LogP contribution in [0.3, 0.4) is 0 Å². The molecule has 0 bridgehead atoms. The molecule has 56 valence electrons. The molecule has 2 atom stereocenters. The van der Waals surface area contributed by atoms with Crippen molar-refractivity contribution in [2.24, 2.45) is 5.73 Å². The van der Waals surface area contributed by atoms with Crippen molar-refractivity contribution < 1.29 is 14.2 Å². The average Bonchev–Trinajstić information content (AvgIpc) is 1.63. The topological polar surface area (TPSA) is 72.5 Å². The number of hydrogen-bond donors (Lipinski definition) is 2. The van der Waals surface area contributed by atoms with Crippen molar-refractivity contribution >= 4 is 8.03 Å². The molecule has 0 amide bonds. The van der Waals surface area contributed by atoms with Gasteiger partial charge in [-0.15, -0.1) is 0 Å². The normalized spacial score (nSPS) is 17.2. The van der Waals surface area contributed by atoms with Crippen LogP contribution < -0.4 is 5.73 Å². The minimum atomic E-state index is -2.01. The molecule has 0 heterocycles. The van der Waals surface area contributed by atoms with Crippen molar-refractivity contribution in [3.63, 3.8) is 0 Å². The van der Waals surface area contributed by atoms with Crippen LogP contribution in [0.1, 0.15) is 6.42 Å². The SMILES string of the molecule is C[PH](=O)OC(O)CCN. The minimum absolute atomic E-state index is 0.338. The summed E-state index contributed by atoms with van der Waals surface area (Å²) in [6, 6.07) is 0. The van der Waals surface area contributed by atoms with Gasteiger partial charge in [0, 0.05) is 13.1 Å². The maximum atomic E-state index is 10.3.